The van der Waals surface area contributed by atoms with E-state index in [4.69, 9.17) is 14.5 Å². The van der Waals surface area contributed by atoms with Gasteiger partial charge in [-0.3, -0.25) is 14.6 Å². The van der Waals surface area contributed by atoms with E-state index in [0.717, 1.165) is 23.0 Å². The van der Waals surface area contributed by atoms with E-state index in [0.29, 0.717) is 41.2 Å². The summed E-state index contributed by atoms with van der Waals surface area (Å²) in [5.41, 5.74) is 3.75. The number of hydrogen-bond acceptors (Lipinski definition) is 7. The molecule has 3 aromatic heterocycles. The number of pyridine rings is 1. The van der Waals surface area contributed by atoms with Crippen molar-refractivity contribution >= 4 is 22.4 Å². The second kappa shape index (κ2) is 11.2. The number of methoxy groups -OCH3 is 2. The minimum Gasteiger partial charge on any atom is -0.497 e. The lowest BCUT2D eigenvalue weighted by Crippen LogP contribution is -2.20. The normalized spacial score (nSPS) is 11.6. The van der Waals surface area contributed by atoms with Gasteiger partial charge in [-0.25, -0.2) is 4.98 Å². The van der Waals surface area contributed by atoms with E-state index in [1.165, 1.54) is 12.3 Å². The lowest BCUT2D eigenvalue weighted by Gasteiger charge is -2.26. The Morgan fingerprint density at radius 2 is 1.68 bits per heavy atom. The van der Waals surface area contributed by atoms with Gasteiger partial charge in [0, 0.05) is 61.1 Å². The van der Waals surface area contributed by atoms with Crippen LogP contribution in [0.1, 0.15) is 17.7 Å². The number of ether oxygens (including phenoxy) is 2. The Balaban J connectivity index is 1.51. The minimum atomic E-state index is -4.47. The van der Waals surface area contributed by atoms with Crippen molar-refractivity contribution in [2.45, 2.75) is 19.0 Å². The number of hydrogen-bond donors (Lipinski definition) is 0. The first-order chi connectivity index (χ1) is 19.2. The van der Waals surface area contributed by atoms with Gasteiger partial charge in [-0.2, -0.15) is 18.3 Å². The predicted octanol–water partition coefficient (Wildman–Crippen LogP) is 6.23. The highest BCUT2D eigenvalue weighted by atomic mass is 19.4. The van der Waals surface area contributed by atoms with Crippen LogP contribution in [0.2, 0.25) is 0 Å². The zero-order valence-corrected chi connectivity index (χ0v) is 22.2. The molecule has 0 aliphatic carbocycles. The molecule has 5 aromatic rings. The second-order valence-electron chi connectivity index (χ2n) is 9.15. The van der Waals surface area contributed by atoms with Gasteiger partial charge in [0.15, 0.2) is 0 Å². The summed E-state index contributed by atoms with van der Waals surface area (Å²) in [5, 5.41) is 4.21. The SMILES string of the molecule is COc1cc(OC)cc(N(CCCc2ncccc2C(F)(F)F)c2ccc3ncc(-c4cnn(C)c4)nc3c2)c1. The molecule has 0 saturated heterocycles. The van der Waals surface area contributed by atoms with Crippen molar-refractivity contribution in [3.05, 3.63) is 84.6 Å². The average molecular weight is 549 g/mol. The number of aromatic nitrogens is 5. The van der Waals surface area contributed by atoms with Gasteiger partial charge in [0.25, 0.3) is 0 Å². The van der Waals surface area contributed by atoms with E-state index >= 15 is 0 Å². The van der Waals surface area contributed by atoms with Crippen LogP contribution in [-0.2, 0) is 19.6 Å². The van der Waals surface area contributed by atoms with Gasteiger partial charge >= 0.3 is 6.18 Å². The molecule has 206 valence electrons. The van der Waals surface area contributed by atoms with E-state index in [-0.39, 0.29) is 12.1 Å². The molecule has 0 radical (unpaired) electrons. The molecule has 40 heavy (non-hydrogen) atoms. The molecule has 5 rings (SSSR count). The van der Waals surface area contributed by atoms with Crippen LogP contribution in [-0.4, -0.2) is 45.5 Å². The Hall–Kier alpha value is -4.67. The van der Waals surface area contributed by atoms with Crippen LogP contribution in [0, 0.1) is 0 Å². The van der Waals surface area contributed by atoms with Gasteiger partial charge in [-0.1, -0.05) is 0 Å². The van der Waals surface area contributed by atoms with Crippen LogP contribution in [0.15, 0.2) is 73.3 Å². The molecule has 0 spiro atoms. The second-order valence-corrected chi connectivity index (χ2v) is 9.15. The van der Waals surface area contributed by atoms with Crippen LogP contribution in [0.4, 0.5) is 24.5 Å². The van der Waals surface area contributed by atoms with Gasteiger partial charge in [0.2, 0.25) is 0 Å². The van der Waals surface area contributed by atoms with Crippen molar-refractivity contribution in [1.82, 2.24) is 24.7 Å². The standard InChI is InChI=1S/C29H27F3N6O2/c1-37-18-19(16-35-37)28-17-34-26-9-8-20(14-27(26)36-28)38(21-12-22(39-2)15-23(13-21)40-3)11-5-7-25-24(29(30,31)32)6-4-10-33-25/h4,6,8-10,12-18H,5,7,11H2,1-3H3. The van der Waals surface area contributed by atoms with Gasteiger partial charge < -0.3 is 14.4 Å². The van der Waals surface area contributed by atoms with E-state index in [1.807, 2.05) is 48.5 Å². The molecule has 0 saturated carbocycles. The van der Waals surface area contributed by atoms with Gasteiger partial charge in [0.05, 0.1) is 54.6 Å². The van der Waals surface area contributed by atoms with Crippen molar-refractivity contribution in [2.24, 2.45) is 7.05 Å². The van der Waals surface area contributed by atoms with Crippen molar-refractivity contribution in [3.63, 3.8) is 0 Å². The molecule has 0 atom stereocenters. The maximum Gasteiger partial charge on any atom is 0.418 e. The molecule has 0 amide bonds. The fourth-order valence-corrected chi connectivity index (χ4v) is 4.52. The number of alkyl halides is 3. The summed E-state index contributed by atoms with van der Waals surface area (Å²) in [5.74, 6) is 1.17. The Kier molecular flexibility index (Phi) is 7.54. The van der Waals surface area contributed by atoms with Crippen LogP contribution in [0.3, 0.4) is 0 Å². The summed E-state index contributed by atoms with van der Waals surface area (Å²) in [6.07, 6.45) is 2.76. The third-order valence-corrected chi connectivity index (χ3v) is 6.48. The number of fused-ring (bicyclic) bond motifs is 1. The monoisotopic (exact) mass is 548 g/mol. The number of aryl methyl sites for hydroxylation is 2. The maximum absolute atomic E-state index is 13.5. The summed E-state index contributed by atoms with van der Waals surface area (Å²) < 4.78 is 53.3. The third-order valence-electron chi connectivity index (χ3n) is 6.48. The Bertz CT molecular complexity index is 1610. The molecular formula is C29H27F3N6O2. The summed E-state index contributed by atoms with van der Waals surface area (Å²) >= 11 is 0. The molecule has 0 aliphatic rings. The van der Waals surface area contributed by atoms with E-state index in [1.54, 1.807) is 37.4 Å². The first kappa shape index (κ1) is 26.9. The molecule has 2 aromatic carbocycles. The highest BCUT2D eigenvalue weighted by Gasteiger charge is 2.33. The molecule has 8 nitrogen and oxygen atoms in total. The van der Waals surface area contributed by atoms with Crippen LogP contribution < -0.4 is 14.4 Å². The van der Waals surface area contributed by atoms with Crippen molar-refractivity contribution in [1.29, 1.82) is 0 Å². The summed E-state index contributed by atoms with van der Waals surface area (Å²) in [4.78, 5) is 15.4. The summed E-state index contributed by atoms with van der Waals surface area (Å²) in [6, 6.07) is 13.5. The lowest BCUT2D eigenvalue weighted by molar-refractivity contribution is -0.138. The molecule has 3 heterocycles. The highest BCUT2D eigenvalue weighted by molar-refractivity contribution is 5.82. The fraction of sp³-hybridized carbons (Fsp3) is 0.241. The highest BCUT2D eigenvalue weighted by Crippen LogP contribution is 2.35. The maximum atomic E-state index is 13.5. The van der Waals surface area contributed by atoms with Gasteiger partial charge in [0.1, 0.15) is 11.5 Å². The predicted molar refractivity (Wildman–Crippen MR) is 146 cm³/mol. The Morgan fingerprint density at radius 1 is 0.900 bits per heavy atom. The van der Waals surface area contributed by atoms with E-state index in [9.17, 15) is 13.2 Å². The minimum absolute atomic E-state index is 0.0173. The number of anilines is 2. The number of benzene rings is 2. The van der Waals surface area contributed by atoms with Crippen LogP contribution in [0.25, 0.3) is 22.3 Å². The zero-order chi connectivity index (χ0) is 28.3. The molecule has 0 fully saturated rings. The van der Waals surface area contributed by atoms with Crippen molar-refractivity contribution in [3.8, 4) is 22.8 Å². The topological polar surface area (TPSA) is 78.2 Å². The molecule has 0 aliphatic heterocycles. The number of nitrogens with zero attached hydrogens (tertiary/aromatic N) is 6. The third kappa shape index (κ3) is 5.83. The first-order valence-electron chi connectivity index (χ1n) is 12.5. The van der Waals surface area contributed by atoms with Crippen LogP contribution in [0.5, 0.6) is 11.5 Å². The Labute approximate surface area is 229 Å². The van der Waals surface area contributed by atoms with E-state index < -0.39 is 11.7 Å². The fourth-order valence-electron chi connectivity index (χ4n) is 4.52. The van der Waals surface area contributed by atoms with Crippen molar-refractivity contribution in [2.75, 3.05) is 25.7 Å². The van der Waals surface area contributed by atoms with E-state index in [2.05, 4.69) is 15.1 Å². The van der Waals surface area contributed by atoms with Gasteiger partial charge in [-0.15, -0.1) is 0 Å². The summed E-state index contributed by atoms with van der Waals surface area (Å²) in [6.45, 7) is 0.394. The van der Waals surface area contributed by atoms with Gasteiger partial charge in [-0.05, 0) is 43.2 Å². The van der Waals surface area contributed by atoms with Crippen molar-refractivity contribution < 1.29 is 22.6 Å². The zero-order valence-electron chi connectivity index (χ0n) is 22.2. The molecule has 0 unspecified atom stereocenters. The van der Waals surface area contributed by atoms with Crippen LogP contribution >= 0.6 is 0 Å². The smallest absolute Gasteiger partial charge is 0.418 e. The Morgan fingerprint density at radius 3 is 2.35 bits per heavy atom. The number of rotatable bonds is 9. The molecule has 0 bridgehead atoms. The largest absolute Gasteiger partial charge is 0.497 e. The average Bonchev–Trinajstić information content (AvgIpc) is 3.40. The first-order valence-corrected chi connectivity index (χ1v) is 12.5. The molecule has 11 heteroatoms. The lowest BCUT2D eigenvalue weighted by atomic mass is 10.1. The summed E-state index contributed by atoms with van der Waals surface area (Å²) in [7, 11) is 4.96. The quantitative estimate of drug-likeness (QED) is 0.216. The molecular weight excluding hydrogens is 521 g/mol. The number of halogens is 3. The molecule has 0 N–H and O–H groups in total.